The highest BCUT2D eigenvalue weighted by molar-refractivity contribution is 6.64. The van der Waals surface area contributed by atoms with Gasteiger partial charge in [-0.25, -0.2) is 9.38 Å². The van der Waals surface area contributed by atoms with Crippen LogP contribution in [0.15, 0.2) is 23.2 Å². The molecule has 23 heavy (non-hydrogen) atoms. The van der Waals surface area contributed by atoms with Gasteiger partial charge in [-0.1, -0.05) is 25.7 Å². The lowest BCUT2D eigenvalue weighted by Gasteiger charge is -2.39. The Morgan fingerprint density at radius 3 is 2.61 bits per heavy atom. The number of amidine groups is 1. The van der Waals surface area contributed by atoms with Crippen molar-refractivity contribution in [2.45, 2.75) is 44.6 Å². The molecule has 0 atom stereocenters. The maximum absolute atomic E-state index is 14.0. The maximum atomic E-state index is 14.0. The predicted molar refractivity (Wildman–Crippen MR) is 91.8 cm³/mol. The first-order chi connectivity index (χ1) is 11.2. The Morgan fingerprint density at radius 1 is 1.22 bits per heavy atom. The Balaban J connectivity index is 1.76. The molecule has 1 aromatic carbocycles. The summed E-state index contributed by atoms with van der Waals surface area (Å²) in [6, 6.07) is 5.45. The Hall–Kier alpha value is -1.49. The zero-order chi connectivity index (χ0) is 16.2. The molecule has 1 saturated carbocycles. The molecule has 1 heterocycles. The van der Waals surface area contributed by atoms with Crippen LogP contribution in [0.25, 0.3) is 0 Å². The molecule has 0 aromatic heterocycles. The van der Waals surface area contributed by atoms with Crippen LogP contribution in [0, 0.1) is 5.82 Å². The van der Waals surface area contributed by atoms with E-state index >= 15 is 0 Å². The number of ether oxygens (including phenoxy) is 1. The Bertz CT molecular complexity index is 573. The van der Waals surface area contributed by atoms with Gasteiger partial charge in [-0.2, -0.15) is 0 Å². The number of halogens is 2. The molecule has 0 amide bonds. The summed E-state index contributed by atoms with van der Waals surface area (Å²) in [5.41, 5.74) is 0.801. The van der Waals surface area contributed by atoms with E-state index < -0.39 is 0 Å². The molecule has 6 heteroatoms. The monoisotopic (exact) mass is 339 g/mol. The quantitative estimate of drug-likeness (QED) is 0.610. The van der Waals surface area contributed by atoms with E-state index in [9.17, 15) is 4.39 Å². The van der Waals surface area contributed by atoms with Gasteiger partial charge in [0.1, 0.15) is 6.67 Å². The molecule has 1 fully saturated rings. The molecule has 126 valence electrons. The summed E-state index contributed by atoms with van der Waals surface area (Å²) in [5, 5.41) is 0.585. The van der Waals surface area contributed by atoms with Crippen molar-refractivity contribution in [3.05, 3.63) is 24.0 Å². The van der Waals surface area contributed by atoms with Gasteiger partial charge >= 0.3 is 0 Å². The standard InChI is InChI=1S/C17H23ClFN3O/c1-23-16-9-8-14(10-15(16)19)21-11-20-17(18)22(12-21)13-6-4-2-3-5-7-13/h8-10,13H,2-7,11-12H2,1H3. The van der Waals surface area contributed by atoms with Crippen molar-refractivity contribution in [2.24, 2.45) is 4.99 Å². The van der Waals surface area contributed by atoms with Crippen LogP contribution in [0.5, 0.6) is 5.75 Å². The highest BCUT2D eigenvalue weighted by Gasteiger charge is 2.27. The third-order valence-corrected chi connectivity index (χ3v) is 5.03. The van der Waals surface area contributed by atoms with Crippen molar-refractivity contribution < 1.29 is 9.13 Å². The zero-order valence-electron chi connectivity index (χ0n) is 13.5. The zero-order valence-corrected chi connectivity index (χ0v) is 14.2. The van der Waals surface area contributed by atoms with E-state index in [-0.39, 0.29) is 11.6 Å². The van der Waals surface area contributed by atoms with Crippen LogP contribution in [0.3, 0.4) is 0 Å². The normalized spacial score (nSPS) is 20.2. The number of anilines is 1. The minimum absolute atomic E-state index is 0.257. The van der Waals surface area contributed by atoms with E-state index in [4.69, 9.17) is 16.3 Å². The molecule has 0 spiro atoms. The average Bonchev–Trinajstić information content (AvgIpc) is 2.84. The summed E-state index contributed by atoms with van der Waals surface area (Å²) in [7, 11) is 1.47. The lowest BCUT2D eigenvalue weighted by atomic mass is 10.1. The lowest BCUT2D eigenvalue weighted by Crippen LogP contribution is -2.49. The summed E-state index contributed by atoms with van der Waals surface area (Å²) in [6.07, 6.45) is 7.37. The summed E-state index contributed by atoms with van der Waals surface area (Å²) < 4.78 is 18.9. The van der Waals surface area contributed by atoms with E-state index in [1.165, 1.54) is 38.9 Å². The Morgan fingerprint density at radius 2 is 1.96 bits per heavy atom. The maximum Gasteiger partial charge on any atom is 0.197 e. The second kappa shape index (κ2) is 7.39. The molecule has 2 aliphatic rings. The summed E-state index contributed by atoms with van der Waals surface area (Å²) >= 11 is 6.36. The fraction of sp³-hybridized carbons (Fsp3) is 0.588. The van der Waals surface area contributed by atoms with Gasteiger partial charge in [0.15, 0.2) is 16.9 Å². The molecule has 3 rings (SSSR count). The van der Waals surface area contributed by atoms with Gasteiger partial charge in [-0.05, 0) is 36.6 Å². The summed E-state index contributed by atoms with van der Waals surface area (Å²) in [6.45, 7) is 1.10. The fourth-order valence-electron chi connectivity index (χ4n) is 3.37. The van der Waals surface area contributed by atoms with Crippen LogP contribution in [-0.4, -0.2) is 36.7 Å². The second-order valence-corrected chi connectivity index (χ2v) is 6.52. The lowest BCUT2D eigenvalue weighted by molar-refractivity contribution is 0.277. The van der Waals surface area contributed by atoms with Gasteiger partial charge in [0.05, 0.1) is 13.8 Å². The number of aliphatic imine (C=N–C) groups is 1. The van der Waals surface area contributed by atoms with Gasteiger partial charge in [0.25, 0.3) is 0 Å². The molecule has 1 aromatic rings. The van der Waals surface area contributed by atoms with Gasteiger partial charge < -0.3 is 14.5 Å². The first-order valence-electron chi connectivity index (χ1n) is 8.24. The van der Waals surface area contributed by atoms with E-state index in [1.807, 2.05) is 11.0 Å². The molecule has 1 aliphatic heterocycles. The molecule has 0 bridgehead atoms. The van der Waals surface area contributed by atoms with E-state index in [0.29, 0.717) is 24.7 Å². The molecule has 0 N–H and O–H groups in total. The van der Waals surface area contributed by atoms with E-state index in [1.54, 1.807) is 6.07 Å². The van der Waals surface area contributed by atoms with Crippen LogP contribution < -0.4 is 9.64 Å². The molecular formula is C17H23ClFN3O. The molecule has 1 aliphatic carbocycles. The predicted octanol–water partition coefficient (Wildman–Crippen LogP) is 4.19. The molecule has 4 nitrogen and oxygen atoms in total. The molecule has 0 radical (unpaired) electrons. The van der Waals surface area contributed by atoms with Crippen LogP contribution >= 0.6 is 11.6 Å². The number of rotatable bonds is 3. The van der Waals surface area contributed by atoms with Gasteiger partial charge in [-0.15, -0.1) is 0 Å². The minimum atomic E-state index is -0.355. The fourth-order valence-corrected chi connectivity index (χ4v) is 3.62. The number of methoxy groups -OCH3 is 1. The number of benzene rings is 1. The second-order valence-electron chi connectivity index (χ2n) is 6.18. The molecular weight excluding hydrogens is 317 g/mol. The van der Waals surface area contributed by atoms with Crippen molar-refractivity contribution >= 4 is 22.6 Å². The smallest absolute Gasteiger partial charge is 0.197 e. The minimum Gasteiger partial charge on any atom is -0.494 e. The largest absolute Gasteiger partial charge is 0.494 e. The highest BCUT2D eigenvalue weighted by Crippen LogP contribution is 2.28. The van der Waals surface area contributed by atoms with Crippen molar-refractivity contribution in [1.29, 1.82) is 0 Å². The van der Waals surface area contributed by atoms with Crippen molar-refractivity contribution in [3.63, 3.8) is 0 Å². The highest BCUT2D eigenvalue weighted by atomic mass is 35.5. The first kappa shape index (κ1) is 16.4. The van der Waals surface area contributed by atoms with E-state index in [0.717, 1.165) is 18.5 Å². The topological polar surface area (TPSA) is 28.1 Å². The van der Waals surface area contributed by atoms with Gasteiger partial charge in [0, 0.05) is 17.8 Å². The van der Waals surface area contributed by atoms with Crippen LogP contribution in [0.2, 0.25) is 0 Å². The van der Waals surface area contributed by atoms with Crippen LogP contribution in [-0.2, 0) is 0 Å². The summed E-state index contributed by atoms with van der Waals surface area (Å²) in [4.78, 5) is 8.63. The first-order valence-corrected chi connectivity index (χ1v) is 8.62. The van der Waals surface area contributed by atoms with Gasteiger partial charge in [-0.3, -0.25) is 0 Å². The van der Waals surface area contributed by atoms with Crippen LogP contribution in [0.4, 0.5) is 10.1 Å². The molecule has 0 unspecified atom stereocenters. The SMILES string of the molecule is COc1ccc(N2CN=C(Cl)N(C3CCCCCC3)C2)cc1F. The Kier molecular flexibility index (Phi) is 5.26. The van der Waals surface area contributed by atoms with Crippen molar-refractivity contribution in [1.82, 2.24) is 4.90 Å². The number of hydrogen-bond donors (Lipinski definition) is 0. The van der Waals surface area contributed by atoms with E-state index in [2.05, 4.69) is 9.89 Å². The third kappa shape index (κ3) is 3.71. The van der Waals surface area contributed by atoms with Crippen LogP contribution in [0.1, 0.15) is 38.5 Å². The number of hydrogen-bond acceptors (Lipinski definition) is 4. The summed E-state index contributed by atoms with van der Waals surface area (Å²) in [5.74, 6) is -0.0976. The number of nitrogens with zero attached hydrogens (tertiary/aromatic N) is 3. The van der Waals surface area contributed by atoms with Crippen molar-refractivity contribution in [3.8, 4) is 5.75 Å². The van der Waals surface area contributed by atoms with Gasteiger partial charge in [0.2, 0.25) is 0 Å². The molecule has 0 saturated heterocycles. The van der Waals surface area contributed by atoms with Crippen molar-refractivity contribution in [2.75, 3.05) is 25.3 Å². The average molecular weight is 340 g/mol. The third-order valence-electron chi connectivity index (χ3n) is 4.70. The Labute approximate surface area is 141 Å².